The fourth-order valence-electron chi connectivity index (χ4n) is 0.993. The molecule has 16 heavy (non-hydrogen) atoms. The van der Waals surface area contributed by atoms with E-state index >= 15 is 0 Å². The molecule has 0 heterocycles. The highest BCUT2D eigenvalue weighted by Crippen LogP contribution is 2.30. The molecular weight excluding hydrogens is 239 g/mol. The number of nitrogens with zero attached hydrogens (tertiary/aromatic N) is 1. The molecule has 0 fully saturated rings. The molecule has 0 N–H and O–H groups in total. The molecule has 0 amide bonds. The van der Waals surface area contributed by atoms with Crippen LogP contribution in [0.5, 0.6) is 0 Å². The summed E-state index contributed by atoms with van der Waals surface area (Å²) in [6.45, 7) is 0. The fraction of sp³-hybridized carbons (Fsp3) is 0.200. The van der Waals surface area contributed by atoms with E-state index in [1.807, 2.05) is 6.07 Å². The quantitative estimate of drug-likeness (QED) is 0.768. The lowest BCUT2D eigenvalue weighted by molar-refractivity contribution is -0.0327. The van der Waals surface area contributed by atoms with Gasteiger partial charge in [-0.25, -0.2) is 0 Å². The number of benzene rings is 1. The fourth-order valence-corrected chi connectivity index (χ4v) is 1.45. The molecule has 0 saturated carbocycles. The van der Waals surface area contributed by atoms with E-state index in [0.29, 0.717) is 0 Å². The molecule has 0 aromatic heterocycles. The first-order chi connectivity index (χ1) is 7.42. The predicted molar refractivity (Wildman–Crippen MR) is 54.0 cm³/mol. The number of thioether (sulfide) groups is 1. The summed E-state index contributed by atoms with van der Waals surface area (Å²) in [4.78, 5) is 11.3. The van der Waals surface area contributed by atoms with Gasteiger partial charge in [0.2, 0.25) is 0 Å². The number of hydrogen-bond donors (Lipinski definition) is 0. The van der Waals surface area contributed by atoms with Crippen molar-refractivity contribution < 1.29 is 18.0 Å². The maximum Gasteiger partial charge on any atom is 0.442 e. The lowest BCUT2D eigenvalue weighted by atomic mass is 10.1. The summed E-state index contributed by atoms with van der Waals surface area (Å²) in [5.41, 5.74) is -4.04. The maximum atomic E-state index is 11.8. The Labute approximate surface area is 94.1 Å². The molecule has 0 atom stereocenters. The van der Waals surface area contributed by atoms with Crippen LogP contribution in [0.4, 0.5) is 13.2 Å². The lowest BCUT2D eigenvalue weighted by Gasteiger charge is -2.04. The topological polar surface area (TPSA) is 40.9 Å². The molecule has 1 rings (SSSR count). The van der Waals surface area contributed by atoms with Gasteiger partial charge in [0.1, 0.15) is 0 Å². The minimum atomic E-state index is -4.41. The van der Waals surface area contributed by atoms with Crippen molar-refractivity contribution in [3.63, 3.8) is 0 Å². The maximum absolute atomic E-state index is 11.8. The second kappa shape index (κ2) is 5.03. The molecule has 2 nitrogen and oxygen atoms in total. The highest BCUT2D eigenvalue weighted by molar-refractivity contribution is 8.00. The number of halogens is 3. The van der Waals surface area contributed by atoms with Crippen LogP contribution in [-0.2, 0) is 0 Å². The van der Waals surface area contributed by atoms with Gasteiger partial charge >= 0.3 is 5.51 Å². The average Bonchev–Trinajstić information content (AvgIpc) is 2.25. The van der Waals surface area contributed by atoms with Crippen LogP contribution in [0.15, 0.2) is 24.3 Å². The zero-order valence-corrected chi connectivity index (χ0v) is 8.73. The van der Waals surface area contributed by atoms with Crippen molar-refractivity contribution in [3.8, 4) is 6.07 Å². The Kier molecular flexibility index (Phi) is 3.96. The van der Waals surface area contributed by atoms with Crippen LogP contribution in [-0.4, -0.2) is 17.0 Å². The molecule has 84 valence electrons. The number of carbonyl (C=O) groups is 1. The molecule has 0 aliphatic rings. The third-order valence-corrected chi connectivity index (χ3v) is 2.41. The van der Waals surface area contributed by atoms with Crippen LogP contribution in [0.1, 0.15) is 15.9 Å². The molecule has 0 radical (unpaired) electrons. The van der Waals surface area contributed by atoms with Crippen molar-refractivity contribution in [2.24, 2.45) is 0 Å². The normalized spacial score (nSPS) is 10.9. The number of rotatable bonds is 3. The second-order valence-electron chi connectivity index (χ2n) is 2.85. The van der Waals surface area contributed by atoms with E-state index in [4.69, 9.17) is 5.26 Å². The van der Waals surface area contributed by atoms with Crippen molar-refractivity contribution in [2.75, 3.05) is 5.75 Å². The lowest BCUT2D eigenvalue weighted by Crippen LogP contribution is -2.09. The molecule has 0 spiro atoms. The summed E-state index contributed by atoms with van der Waals surface area (Å²) in [6.07, 6.45) is 0. The number of nitriles is 1. The highest BCUT2D eigenvalue weighted by Gasteiger charge is 2.29. The molecule has 0 aliphatic heterocycles. The molecule has 0 unspecified atom stereocenters. The molecule has 1 aromatic rings. The van der Waals surface area contributed by atoms with Gasteiger partial charge in [-0.3, -0.25) is 4.79 Å². The smallest absolute Gasteiger partial charge is 0.293 e. The average molecular weight is 245 g/mol. The van der Waals surface area contributed by atoms with Gasteiger partial charge in [-0.15, -0.1) is 0 Å². The Balaban J connectivity index is 2.71. The third kappa shape index (κ3) is 3.95. The highest BCUT2D eigenvalue weighted by atomic mass is 32.2. The third-order valence-electron chi connectivity index (χ3n) is 1.68. The van der Waals surface area contributed by atoms with Crippen LogP contribution in [0.25, 0.3) is 0 Å². The van der Waals surface area contributed by atoms with Gasteiger partial charge in [0.25, 0.3) is 0 Å². The van der Waals surface area contributed by atoms with E-state index in [9.17, 15) is 18.0 Å². The second-order valence-corrected chi connectivity index (χ2v) is 3.89. The Morgan fingerprint density at radius 1 is 1.44 bits per heavy atom. The minimum absolute atomic E-state index is 0.121. The number of hydrogen-bond acceptors (Lipinski definition) is 3. The Morgan fingerprint density at radius 2 is 2.12 bits per heavy atom. The van der Waals surface area contributed by atoms with E-state index in [0.717, 1.165) is 0 Å². The number of Topliss-reactive ketones (excluding diaryl/α,β-unsaturated/α-hetero) is 1. The van der Waals surface area contributed by atoms with Crippen molar-refractivity contribution in [2.45, 2.75) is 5.51 Å². The van der Waals surface area contributed by atoms with Crippen molar-refractivity contribution in [1.82, 2.24) is 0 Å². The summed E-state index contributed by atoms with van der Waals surface area (Å²) in [7, 11) is 0. The molecule has 0 bridgehead atoms. The first kappa shape index (κ1) is 12.6. The van der Waals surface area contributed by atoms with Crippen LogP contribution in [0, 0.1) is 11.3 Å². The number of ketones is 1. The van der Waals surface area contributed by atoms with Gasteiger partial charge in [0.15, 0.2) is 5.78 Å². The zero-order valence-electron chi connectivity index (χ0n) is 7.91. The molecule has 1 aromatic carbocycles. The molecule has 0 saturated heterocycles. The zero-order chi connectivity index (χ0) is 12.2. The van der Waals surface area contributed by atoms with Crippen molar-refractivity contribution in [1.29, 1.82) is 5.26 Å². The molecular formula is C10H6F3NOS. The Morgan fingerprint density at radius 3 is 2.69 bits per heavy atom. The summed E-state index contributed by atoms with van der Waals surface area (Å²) in [5, 5.41) is 8.56. The van der Waals surface area contributed by atoms with Crippen LogP contribution >= 0.6 is 11.8 Å². The number of carbonyl (C=O) groups excluding carboxylic acids is 1. The summed E-state index contributed by atoms with van der Waals surface area (Å²) >= 11 is -0.382. The number of alkyl halides is 3. The van der Waals surface area contributed by atoms with Crippen LogP contribution < -0.4 is 0 Å². The monoisotopic (exact) mass is 245 g/mol. The first-order valence-corrected chi connectivity index (χ1v) is 5.15. The van der Waals surface area contributed by atoms with E-state index < -0.39 is 17.0 Å². The SMILES string of the molecule is N#Cc1cccc(C(=O)CSC(F)(F)F)c1. The summed E-state index contributed by atoms with van der Waals surface area (Å²) in [5.74, 6) is -1.31. The van der Waals surface area contributed by atoms with Crippen LogP contribution in [0.2, 0.25) is 0 Å². The van der Waals surface area contributed by atoms with E-state index in [1.54, 1.807) is 0 Å². The van der Waals surface area contributed by atoms with E-state index in [-0.39, 0.29) is 22.9 Å². The van der Waals surface area contributed by atoms with Gasteiger partial charge < -0.3 is 0 Å². The van der Waals surface area contributed by atoms with E-state index in [2.05, 4.69) is 0 Å². The van der Waals surface area contributed by atoms with Crippen molar-refractivity contribution in [3.05, 3.63) is 35.4 Å². The molecule has 0 aliphatic carbocycles. The predicted octanol–water partition coefficient (Wildman–Crippen LogP) is 2.99. The van der Waals surface area contributed by atoms with E-state index in [1.165, 1.54) is 24.3 Å². The van der Waals surface area contributed by atoms with Gasteiger partial charge in [0, 0.05) is 5.56 Å². The van der Waals surface area contributed by atoms with Crippen LogP contribution in [0.3, 0.4) is 0 Å². The summed E-state index contributed by atoms with van der Waals surface area (Å²) in [6, 6.07) is 7.42. The Bertz CT molecular complexity index is 436. The van der Waals surface area contributed by atoms with Gasteiger partial charge in [-0.05, 0) is 23.9 Å². The standard InChI is InChI=1S/C10H6F3NOS/c11-10(12,13)16-6-9(15)8-3-1-2-7(4-8)5-14/h1-4H,6H2. The van der Waals surface area contributed by atoms with Gasteiger partial charge in [-0.2, -0.15) is 18.4 Å². The summed E-state index contributed by atoms with van der Waals surface area (Å²) < 4.78 is 35.5. The Hall–Kier alpha value is -1.48. The van der Waals surface area contributed by atoms with Gasteiger partial charge in [-0.1, -0.05) is 12.1 Å². The first-order valence-electron chi connectivity index (χ1n) is 4.16. The van der Waals surface area contributed by atoms with Gasteiger partial charge in [0.05, 0.1) is 17.4 Å². The van der Waals surface area contributed by atoms with Crippen molar-refractivity contribution >= 4 is 17.5 Å². The molecule has 6 heteroatoms. The minimum Gasteiger partial charge on any atom is -0.293 e. The largest absolute Gasteiger partial charge is 0.442 e.